The Labute approximate surface area is 796 Å². The van der Waals surface area contributed by atoms with Gasteiger partial charge in [0.15, 0.2) is 0 Å². The first kappa shape index (κ1) is 125. The molecule has 0 aromatic carbocycles. The maximum atomic E-state index is 13.9. The van der Waals surface area contributed by atoms with E-state index in [2.05, 4.69) is 117 Å². The second-order valence-corrected chi connectivity index (χ2v) is 42.2. The third-order valence-electron chi connectivity index (χ3n) is 27.8. The molecular formula is C114H222N4O10. The maximum absolute atomic E-state index is 13.9. The molecule has 0 rings (SSSR count). The molecule has 0 atom stereocenters. The Bertz CT molecular complexity index is 2330. The quantitative estimate of drug-likeness (QED) is 0.0336. The van der Waals surface area contributed by atoms with Gasteiger partial charge in [0.1, 0.15) is 24.4 Å². The summed E-state index contributed by atoms with van der Waals surface area (Å²) in [6.45, 7) is 36.9. The second-order valence-electron chi connectivity index (χ2n) is 42.2. The lowest BCUT2D eigenvalue weighted by Gasteiger charge is -2.27. The van der Waals surface area contributed by atoms with Crippen LogP contribution in [0.15, 0.2) is 0 Å². The summed E-state index contributed by atoms with van der Waals surface area (Å²) in [6.07, 6.45) is 88.5. The number of ether oxygens (including phenoxy) is 4. The first-order valence-corrected chi connectivity index (χ1v) is 56.9. The Balaban J connectivity index is 6.12. The van der Waals surface area contributed by atoms with E-state index in [9.17, 15) is 28.8 Å². The van der Waals surface area contributed by atoms with E-state index < -0.39 is 16.2 Å². The van der Waals surface area contributed by atoms with Crippen LogP contribution < -0.4 is 10.6 Å². The van der Waals surface area contributed by atoms with Gasteiger partial charge in [-0.15, -0.1) is 0 Å². The molecule has 0 spiro atoms. The summed E-state index contributed by atoms with van der Waals surface area (Å²) in [4.78, 5) is 87.2. The van der Waals surface area contributed by atoms with Crippen molar-refractivity contribution < 1.29 is 47.7 Å². The predicted octanol–water partition coefficient (Wildman–Crippen LogP) is 33.5. The molecule has 128 heavy (non-hydrogen) atoms. The van der Waals surface area contributed by atoms with Gasteiger partial charge in [-0.1, -0.05) is 389 Å². The zero-order valence-electron chi connectivity index (χ0n) is 88.3. The zero-order valence-corrected chi connectivity index (χ0v) is 88.3. The molecule has 0 bridgehead atoms. The molecule has 0 aliphatic heterocycles. The van der Waals surface area contributed by atoms with Gasteiger partial charge >= 0.3 is 23.9 Å². The third-order valence-corrected chi connectivity index (χ3v) is 27.8. The molecule has 0 aliphatic carbocycles. The number of hydrogen-bond donors (Lipinski definition) is 2. The molecule has 14 heteroatoms. The van der Waals surface area contributed by atoms with Crippen molar-refractivity contribution in [1.82, 2.24) is 20.4 Å². The van der Waals surface area contributed by atoms with E-state index in [1.807, 2.05) is 0 Å². The molecule has 0 aliphatic rings. The Morgan fingerprint density at radius 1 is 0.211 bits per heavy atom. The van der Waals surface area contributed by atoms with Crippen LogP contribution in [0.4, 0.5) is 0 Å². The van der Waals surface area contributed by atoms with E-state index in [4.69, 9.17) is 18.9 Å². The lowest BCUT2D eigenvalue weighted by atomic mass is 9.86. The van der Waals surface area contributed by atoms with Crippen LogP contribution in [-0.2, 0) is 47.7 Å². The lowest BCUT2D eigenvalue weighted by Crippen LogP contribution is -2.37. The molecule has 0 aromatic heterocycles. The number of nitrogens with one attached hydrogen (secondary N) is 2. The fourth-order valence-corrected chi connectivity index (χ4v) is 18.4. The molecule has 0 radical (unpaired) electrons. The number of carbonyl (C=O) groups excluding carboxylic acids is 6. The van der Waals surface area contributed by atoms with Crippen molar-refractivity contribution in [1.29, 1.82) is 0 Å². The van der Waals surface area contributed by atoms with Crippen molar-refractivity contribution in [3.63, 3.8) is 0 Å². The minimum Gasteiger partial charge on any atom is -0.462 e. The summed E-state index contributed by atoms with van der Waals surface area (Å²) in [6, 6.07) is 0. The summed E-state index contributed by atoms with van der Waals surface area (Å²) < 4.78 is 25.4. The summed E-state index contributed by atoms with van der Waals surface area (Å²) in [7, 11) is 0. The van der Waals surface area contributed by atoms with Gasteiger partial charge in [-0.2, -0.15) is 0 Å². The number of carbonyl (C=O) groups is 6. The lowest BCUT2D eigenvalue weighted by molar-refractivity contribution is -0.161. The number of rotatable bonds is 101. The van der Waals surface area contributed by atoms with Gasteiger partial charge in [0, 0.05) is 45.4 Å². The van der Waals surface area contributed by atoms with Gasteiger partial charge in [0.2, 0.25) is 11.8 Å². The van der Waals surface area contributed by atoms with Gasteiger partial charge < -0.3 is 39.4 Å². The smallest absolute Gasteiger partial charge is 0.311 e. The highest BCUT2D eigenvalue weighted by molar-refractivity contribution is 5.83. The summed E-state index contributed by atoms with van der Waals surface area (Å²) in [5.41, 5.74) is -1.57. The summed E-state index contributed by atoms with van der Waals surface area (Å²) in [5.74, 6) is -0.296. The number of hydrogen-bond acceptors (Lipinski definition) is 12. The highest BCUT2D eigenvalue weighted by Crippen LogP contribution is 2.33. The van der Waals surface area contributed by atoms with Gasteiger partial charge in [-0.25, -0.2) is 0 Å². The molecule has 758 valence electrons. The number of unbranched alkanes of at least 4 members (excludes halogenated alkanes) is 53. The molecule has 0 saturated heterocycles. The van der Waals surface area contributed by atoms with E-state index in [1.54, 1.807) is 0 Å². The molecule has 0 aromatic rings. The standard InChI is InChI=1S/C114H222N4O10/c1-15-23-31-39-48-64-80-102(81-65-49-40-32-24-16-2)125-108(121)88-72-56-47-60-76-96-117(97-77-61-57-73-91-112(9,10)109(122)126-103(82-66-50-41-33-25-17-3)83-67-51-42-34-26-18-4)100-94-115-106(119)89-90-107(120)116-95-101-118(98-78-62-58-74-92-113(11,12)110(123)127-104(84-68-52-43-35-27-19-5)85-69-53-44-36-28-20-6)99-79-63-59-75-93-114(13,14)111(124)128-105(86-70-54-45-37-29-21-7)87-71-55-46-38-30-22-8/h102-105H,15-101H2,1-14H3,(H,115,119)(H,116,120). The Morgan fingerprint density at radius 3 is 0.609 bits per heavy atom. The van der Waals surface area contributed by atoms with Crippen molar-refractivity contribution in [3.05, 3.63) is 0 Å². The second kappa shape index (κ2) is 90.2. The highest BCUT2D eigenvalue weighted by atomic mass is 16.6. The average molecular weight is 1810 g/mol. The average Bonchev–Trinajstić information content (AvgIpc) is 0.880. The van der Waals surface area contributed by atoms with Crippen LogP contribution in [0.1, 0.15) is 604 Å². The Kier molecular flexibility index (Phi) is 87.9. The Hall–Kier alpha value is -3.26. The van der Waals surface area contributed by atoms with Crippen LogP contribution in [0.2, 0.25) is 0 Å². The number of nitrogens with zero attached hydrogens (tertiary/aromatic N) is 2. The van der Waals surface area contributed by atoms with Crippen LogP contribution in [-0.4, -0.2) is 122 Å². The predicted molar refractivity (Wildman–Crippen MR) is 550 cm³/mol. The first-order valence-electron chi connectivity index (χ1n) is 56.9. The molecule has 0 fully saturated rings. The fraction of sp³-hybridized carbons (Fsp3) is 0.947. The minimum absolute atomic E-state index is 0.0171. The molecule has 14 nitrogen and oxygen atoms in total. The van der Waals surface area contributed by atoms with Crippen LogP contribution in [0, 0.1) is 16.2 Å². The topological polar surface area (TPSA) is 170 Å². The molecular weight excluding hydrogens is 1590 g/mol. The fourth-order valence-electron chi connectivity index (χ4n) is 18.4. The van der Waals surface area contributed by atoms with E-state index in [1.165, 1.54) is 257 Å². The van der Waals surface area contributed by atoms with E-state index in [0.29, 0.717) is 19.5 Å². The van der Waals surface area contributed by atoms with Gasteiger partial charge in [-0.3, -0.25) is 28.8 Å². The number of esters is 4. The maximum Gasteiger partial charge on any atom is 0.311 e. The normalized spacial score (nSPS) is 12.2. The SMILES string of the molecule is CCCCCCCCC(CCCCCCCC)OC(=O)CCCCCCCN(CCCCCCC(C)(C)C(=O)OC(CCCCCCCC)CCCCCCCC)CCNC(=O)CCC(=O)NCCN(CCCCCCC(C)(C)C(=O)OC(CCCCCCCC)CCCCCCCC)CCCCCCC(C)(C)C(=O)OC(CCCCCCCC)CCCCCCCC. The van der Waals surface area contributed by atoms with Crippen LogP contribution in [0.5, 0.6) is 0 Å². The van der Waals surface area contributed by atoms with E-state index in [0.717, 1.165) is 270 Å². The van der Waals surface area contributed by atoms with Gasteiger partial charge in [0.05, 0.1) is 16.2 Å². The van der Waals surface area contributed by atoms with Crippen LogP contribution in [0.3, 0.4) is 0 Å². The zero-order chi connectivity index (χ0) is 94.2. The molecule has 0 saturated carbocycles. The largest absolute Gasteiger partial charge is 0.462 e. The van der Waals surface area contributed by atoms with Crippen molar-refractivity contribution in [2.75, 3.05) is 52.4 Å². The first-order chi connectivity index (χ1) is 62.1. The monoisotopic (exact) mass is 1810 g/mol. The van der Waals surface area contributed by atoms with Crippen molar-refractivity contribution >= 4 is 35.7 Å². The van der Waals surface area contributed by atoms with Crippen molar-refractivity contribution in [2.24, 2.45) is 16.2 Å². The molecule has 2 N–H and O–H groups in total. The van der Waals surface area contributed by atoms with Gasteiger partial charge in [0.25, 0.3) is 0 Å². The third kappa shape index (κ3) is 79.0. The molecule has 2 amide bonds. The summed E-state index contributed by atoms with van der Waals surface area (Å²) >= 11 is 0. The number of amides is 2. The summed E-state index contributed by atoms with van der Waals surface area (Å²) in [5, 5.41) is 6.38. The molecule has 0 heterocycles. The van der Waals surface area contributed by atoms with E-state index in [-0.39, 0.29) is 72.9 Å². The van der Waals surface area contributed by atoms with Crippen LogP contribution in [0.25, 0.3) is 0 Å². The van der Waals surface area contributed by atoms with Crippen LogP contribution >= 0.6 is 0 Å². The molecule has 0 unspecified atom stereocenters. The Morgan fingerprint density at radius 2 is 0.391 bits per heavy atom. The van der Waals surface area contributed by atoms with Crippen molar-refractivity contribution in [3.8, 4) is 0 Å². The van der Waals surface area contributed by atoms with Gasteiger partial charge in [-0.05, 0) is 222 Å². The van der Waals surface area contributed by atoms with Crippen molar-refractivity contribution in [2.45, 2.75) is 629 Å². The minimum atomic E-state index is -0.525. The highest BCUT2D eigenvalue weighted by Gasteiger charge is 2.34. The van der Waals surface area contributed by atoms with E-state index >= 15 is 0 Å².